The number of hydrogen-bond acceptors (Lipinski definition) is 3. The molecule has 1 fully saturated rings. The van der Waals surface area contributed by atoms with E-state index in [1.807, 2.05) is 25.2 Å². The Morgan fingerprint density at radius 2 is 2.10 bits per heavy atom. The van der Waals surface area contributed by atoms with Crippen molar-refractivity contribution in [1.82, 2.24) is 10.2 Å². The fourth-order valence-corrected chi connectivity index (χ4v) is 2.99. The van der Waals surface area contributed by atoms with Gasteiger partial charge in [0, 0.05) is 29.5 Å². The third kappa shape index (κ3) is 4.87. The first kappa shape index (κ1) is 18.3. The molecule has 1 heterocycles. The Labute approximate surface area is 140 Å². The molecule has 6 heteroatoms. The van der Waals surface area contributed by atoms with Crippen LogP contribution < -0.4 is 10.1 Å². The lowest BCUT2D eigenvalue weighted by molar-refractivity contribution is -0.135. The summed E-state index contributed by atoms with van der Waals surface area (Å²) in [5, 5.41) is 3.29. The van der Waals surface area contributed by atoms with Crippen LogP contribution in [0.25, 0.3) is 0 Å². The minimum absolute atomic E-state index is 0. The van der Waals surface area contributed by atoms with Crippen LogP contribution in [0.2, 0.25) is 0 Å². The molecule has 1 aliphatic rings. The summed E-state index contributed by atoms with van der Waals surface area (Å²) in [6.45, 7) is 2.44. The van der Waals surface area contributed by atoms with E-state index < -0.39 is 0 Å². The van der Waals surface area contributed by atoms with Gasteiger partial charge in [-0.15, -0.1) is 12.4 Å². The summed E-state index contributed by atoms with van der Waals surface area (Å²) in [6, 6.07) is 5.87. The lowest BCUT2D eigenvalue weighted by Gasteiger charge is -2.27. The fourth-order valence-electron chi connectivity index (χ4n) is 2.58. The molecule has 0 aliphatic carbocycles. The average Bonchev–Trinajstić information content (AvgIpc) is 2.47. The van der Waals surface area contributed by atoms with Crippen LogP contribution in [-0.4, -0.2) is 38.1 Å². The summed E-state index contributed by atoms with van der Waals surface area (Å²) < 4.78 is 6.35. The topological polar surface area (TPSA) is 41.6 Å². The molecule has 0 radical (unpaired) electrons. The van der Waals surface area contributed by atoms with Crippen LogP contribution in [0, 0.1) is 5.92 Å². The third-order valence-corrected chi connectivity index (χ3v) is 4.21. The van der Waals surface area contributed by atoms with Gasteiger partial charge < -0.3 is 15.0 Å². The third-order valence-electron chi connectivity index (χ3n) is 3.71. The van der Waals surface area contributed by atoms with Gasteiger partial charge in [0.05, 0.1) is 7.11 Å². The first-order valence-corrected chi connectivity index (χ1v) is 7.69. The number of nitrogens with zero attached hydrogens (tertiary/aromatic N) is 1. The molecule has 0 aromatic heterocycles. The van der Waals surface area contributed by atoms with Crippen molar-refractivity contribution < 1.29 is 9.53 Å². The van der Waals surface area contributed by atoms with Crippen molar-refractivity contribution >= 4 is 34.2 Å². The van der Waals surface area contributed by atoms with Crippen LogP contribution in [-0.2, 0) is 11.3 Å². The highest BCUT2D eigenvalue weighted by atomic mass is 79.9. The summed E-state index contributed by atoms with van der Waals surface area (Å²) >= 11 is 3.46. The van der Waals surface area contributed by atoms with Gasteiger partial charge in [-0.3, -0.25) is 4.79 Å². The first-order chi connectivity index (χ1) is 9.61. The molecule has 1 N–H and O–H groups in total. The summed E-state index contributed by atoms with van der Waals surface area (Å²) in [4.78, 5) is 14.2. The van der Waals surface area contributed by atoms with E-state index in [0.29, 0.717) is 6.54 Å². The molecule has 4 nitrogen and oxygen atoms in total. The molecular weight excluding hydrogens is 356 g/mol. The molecule has 1 aromatic carbocycles. The van der Waals surface area contributed by atoms with E-state index >= 15 is 0 Å². The molecule has 1 saturated heterocycles. The minimum atomic E-state index is 0. The van der Waals surface area contributed by atoms with Gasteiger partial charge in [-0.05, 0) is 44.1 Å². The second-order valence-electron chi connectivity index (χ2n) is 5.17. The monoisotopic (exact) mass is 376 g/mol. The molecule has 0 atom stereocenters. The number of amides is 1. The maximum absolute atomic E-state index is 12.4. The van der Waals surface area contributed by atoms with E-state index in [0.717, 1.165) is 41.7 Å². The number of nitrogens with one attached hydrogen (secondary N) is 1. The number of ether oxygens (including phenoxy) is 1. The molecule has 0 bridgehead atoms. The van der Waals surface area contributed by atoms with E-state index in [2.05, 4.69) is 21.2 Å². The van der Waals surface area contributed by atoms with Crippen LogP contribution in [0.5, 0.6) is 5.75 Å². The van der Waals surface area contributed by atoms with E-state index in [4.69, 9.17) is 4.74 Å². The van der Waals surface area contributed by atoms with Crippen LogP contribution in [0.1, 0.15) is 18.4 Å². The summed E-state index contributed by atoms with van der Waals surface area (Å²) in [6.07, 6.45) is 1.86. The molecule has 118 valence electrons. The van der Waals surface area contributed by atoms with Gasteiger partial charge in [-0.1, -0.05) is 15.9 Å². The Hall–Kier alpha value is -0.780. The number of carbonyl (C=O) groups is 1. The fraction of sp³-hybridized carbons (Fsp3) is 0.533. The second-order valence-corrected chi connectivity index (χ2v) is 6.09. The number of methoxy groups -OCH3 is 1. The summed E-state index contributed by atoms with van der Waals surface area (Å²) in [5.41, 5.74) is 1.02. The Balaban J connectivity index is 0.00000220. The molecule has 21 heavy (non-hydrogen) atoms. The quantitative estimate of drug-likeness (QED) is 0.877. The van der Waals surface area contributed by atoms with E-state index in [1.54, 1.807) is 12.0 Å². The van der Waals surface area contributed by atoms with Gasteiger partial charge in [0.25, 0.3) is 0 Å². The van der Waals surface area contributed by atoms with E-state index in [9.17, 15) is 4.79 Å². The summed E-state index contributed by atoms with van der Waals surface area (Å²) in [5.74, 6) is 1.20. The molecule has 1 aromatic rings. The predicted molar refractivity (Wildman–Crippen MR) is 90.0 cm³/mol. The van der Waals surface area contributed by atoms with Gasteiger partial charge in [0.2, 0.25) is 5.91 Å². The van der Waals surface area contributed by atoms with Gasteiger partial charge in [0.15, 0.2) is 0 Å². The number of piperidine rings is 1. The summed E-state index contributed by atoms with van der Waals surface area (Å²) in [7, 11) is 3.52. The number of halogens is 2. The molecule has 0 spiro atoms. The van der Waals surface area contributed by atoms with Crippen molar-refractivity contribution in [1.29, 1.82) is 0 Å². The van der Waals surface area contributed by atoms with Gasteiger partial charge in [0.1, 0.15) is 5.75 Å². The van der Waals surface area contributed by atoms with Crippen LogP contribution in [0.4, 0.5) is 0 Å². The Bertz CT molecular complexity index is 479. The zero-order valence-electron chi connectivity index (χ0n) is 12.4. The standard InChI is InChI=1S/C15H21BrN2O2.ClH/c1-18(15(19)11-5-7-17-8-6-11)10-12-9-13(16)3-4-14(12)20-2;/h3-4,9,11,17H,5-8,10H2,1-2H3;1H. The SMILES string of the molecule is COc1ccc(Br)cc1CN(C)C(=O)C1CCNCC1.Cl. The largest absolute Gasteiger partial charge is 0.496 e. The Morgan fingerprint density at radius 1 is 1.43 bits per heavy atom. The number of rotatable bonds is 4. The zero-order chi connectivity index (χ0) is 14.5. The zero-order valence-corrected chi connectivity index (χ0v) is 14.8. The molecular formula is C15H22BrClN2O2. The van der Waals surface area contributed by atoms with Crippen molar-refractivity contribution in [3.8, 4) is 5.75 Å². The number of benzene rings is 1. The molecule has 0 unspecified atom stereocenters. The lowest BCUT2D eigenvalue weighted by atomic mass is 9.96. The maximum atomic E-state index is 12.4. The smallest absolute Gasteiger partial charge is 0.225 e. The van der Waals surface area contributed by atoms with E-state index in [-0.39, 0.29) is 24.2 Å². The maximum Gasteiger partial charge on any atom is 0.225 e. The lowest BCUT2D eigenvalue weighted by Crippen LogP contribution is -2.38. The van der Waals surface area contributed by atoms with Crippen molar-refractivity contribution in [2.24, 2.45) is 5.92 Å². The van der Waals surface area contributed by atoms with Crippen LogP contribution >= 0.6 is 28.3 Å². The van der Waals surface area contributed by atoms with Crippen LogP contribution in [0.3, 0.4) is 0 Å². The minimum Gasteiger partial charge on any atom is -0.496 e. The van der Waals surface area contributed by atoms with Crippen molar-refractivity contribution in [3.05, 3.63) is 28.2 Å². The van der Waals surface area contributed by atoms with Crippen LogP contribution in [0.15, 0.2) is 22.7 Å². The number of carbonyl (C=O) groups excluding carboxylic acids is 1. The van der Waals surface area contributed by atoms with Crippen molar-refractivity contribution in [2.45, 2.75) is 19.4 Å². The van der Waals surface area contributed by atoms with Gasteiger partial charge in [-0.2, -0.15) is 0 Å². The molecule has 0 saturated carbocycles. The highest BCUT2D eigenvalue weighted by molar-refractivity contribution is 9.10. The average molecular weight is 378 g/mol. The van der Waals surface area contributed by atoms with Crippen molar-refractivity contribution in [3.63, 3.8) is 0 Å². The second kappa shape index (κ2) is 8.61. The Morgan fingerprint density at radius 3 is 2.71 bits per heavy atom. The molecule has 1 aliphatic heterocycles. The molecule has 1 amide bonds. The Kier molecular flexibility index (Phi) is 7.49. The normalized spacial score (nSPS) is 15.2. The molecule has 2 rings (SSSR count). The van der Waals surface area contributed by atoms with Gasteiger partial charge >= 0.3 is 0 Å². The number of hydrogen-bond donors (Lipinski definition) is 1. The van der Waals surface area contributed by atoms with Gasteiger partial charge in [-0.25, -0.2) is 0 Å². The predicted octanol–water partition coefficient (Wildman–Crippen LogP) is 2.84. The first-order valence-electron chi connectivity index (χ1n) is 6.90. The van der Waals surface area contributed by atoms with E-state index in [1.165, 1.54) is 0 Å². The highest BCUT2D eigenvalue weighted by Crippen LogP contribution is 2.25. The highest BCUT2D eigenvalue weighted by Gasteiger charge is 2.24. The van der Waals surface area contributed by atoms with Crippen molar-refractivity contribution in [2.75, 3.05) is 27.2 Å².